The molecule has 0 spiro atoms. The summed E-state index contributed by atoms with van der Waals surface area (Å²) in [5.74, 6) is 1.34. The number of nitrogens with one attached hydrogen (secondary N) is 2. The summed E-state index contributed by atoms with van der Waals surface area (Å²) in [4.78, 5) is 36.2. The number of hydrogen-bond acceptors (Lipinski definition) is 7. The van der Waals surface area contributed by atoms with E-state index >= 15 is 0 Å². The van der Waals surface area contributed by atoms with Crippen LogP contribution < -0.4 is 20.4 Å². The van der Waals surface area contributed by atoms with Crippen LogP contribution in [0.1, 0.15) is 30.1 Å². The van der Waals surface area contributed by atoms with Crippen LogP contribution in [0.2, 0.25) is 0 Å². The van der Waals surface area contributed by atoms with Gasteiger partial charge in [-0.15, -0.1) is 0 Å². The molecule has 3 heterocycles. The number of piperidine rings is 1. The number of likely N-dealkylation sites (N-methyl/N-ethyl adjacent to an activating group) is 1. The third kappa shape index (κ3) is 5.15. The maximum atomic E-state index is 12.8. The van der Waals surface area contributed by atoms with Crippen molar-refractivity contribution in [2.24, 2.45) is 0 Å². The third-order valence-electron chi connectivity index (χ3n) is 6.63. The maximum absolute atomic E-state index is 12.8. The van der Waals surface area contributed by atoms with Gasteiger partial charge in [0.15, 0.2) is 5.82 Å². The number of hydrogen-bond donors (Lipinski definition) is 2. The van der Waals surface area contributed by atoms with E-state index < -0.39 is 0 Å². The predicted octanol–water partition coefficient (Wildman–Crippen LogP) is 2.47. The van der Waals surface area contributed by atoms with Gasteiger partial charge in [-0.25, -0.2) is 4.98 Å². The number of benzene rings is 1. The zero-order valence-corrected chi connectivity index (χ0v) is 20.4. The minimum Gasteiger partial charge on any atom is -0.383 e. The highest BCUT2D eigenvalue weighted by Crippen LogP contribution is 2.35. The molecule has 9 nitrogen and oxygen atoms in total. The number of aromatic nitrogens is 1. The van der Waals surface area contributed by atoms with Crippen LogP contribution in [0.15, 0.2) is 36.4 Å². The molecule has 2 aliphatic rings. The molecule has 2 N–H and O–H groups in total. The number of pyridine rings is 1. The van der Waals surface area contributed by atoms with Crippen molar-refractivity contribution in [3.8, 4) is 0 Å². The van der Waals surface area contributed by atoms with Gasteiger partial charge in [-0.2, -0.15) is 0 Å². The first-order valence-corrected chi connectivity index (χ1v) is 11.8. The van der Waals surface area contributed by atoms with E-state index in [1.165, 1.54) is 0 Å². The van der Waals surface area contributed by atoms with Crippen LogP contribution in [-0.2, 0) is 9.53 Å². The van der Waals surface area contributed by atoms with E-state index in [0.717, 1.165) is 43.1 Å². The summed E-state index contributed by atoms with van der Waals surface area (Å²) >= 11 is 0. The lowest BCUT2D eigenvalue weighted by molar-refractivity contribution is -0.119. The van der Waals surface area contributed by atoms with Crippen molar-refractivity contribution < 1.29 is 14.3 Å². The van der Waals surface area contributed by atoms with Crippen molar-refractivity contribution in [1.82, 2.24) is 15.2 Å². The van der Waals surface area contributed by atoms with Crippen LogP contribution in [0, 0.1) is 0 Å². The molecule has 34 heavy (non-hydrogen) atoms. The monoisotopic (exact) mass is 466 g/mol. The topological polar surface area (TPSA) is 90.0 Å². The molecule has 182 valence electrons. The van der Waals surface area contributed by atoms with E-state index in [1.807, 2.05) is 48.2 Å². The van der Waals surface area contributed by atoms with Crippen LogP contribution in [-0.4, -0.2) is 81.2 Å². The lowest BCUT2D eigenvalue weighted by atomic mass is 10.0. The van der Waals surface area contributed by atoms with Crippen LogP contribution in [0.5, 0.6) is 0 Å². The van der Waals surface area contributed by atoms with E-state index in [0.29, 0.717) is 24.5 Å². The Morgan fingerprint density at radius 1 is 1.18 bits per heavy atom. The van der Waals surface area contributed by atoms with E-state index in [-0.39, 0.29) is 23.9 Å². The van der Waals surface area contributed by atoms with Gasteiger partial charge in [-0.1, -0.05) is 6.07 Å². The van der Waals surface area contributed by atoms with Gasteiger partial charge in [0, 0.05) is 38.0 Å². The summed E-state index contributed by atoms with van der Waals surface area (Å²) in [5.41, 5.74) is 2.15. The largest absolute Gasteiger partial charge is 0.383 e. The molecular weight excluding hydrogens is 432 g/mol. The van der Waals surface area contributed by atoms with Gasteiger partial charge in [0.05, 0.1) is 12.3 Å². The highest BCUT2D eigenvalue weighted by atomic mass is 16.5. The van der Waals surface area contributed by atoms with Gasteiger partial charge in [0.2, 0.25) is 5.91 Å². The van der Waals surface area contributed by atoms with Crippen molar-refractivity contribution in [2.75, 3.05) is 62.6 Å². The number of ether oxygens (including phenoxy) is 1. The normalized spacial score (nSPS) is 19.2. The van der Waals surface area contributed by atoms with E-state index in [9.17, 15) is 9.59 Å². The highest BCUT2D eigenvalue weighted by Gasteiger charge is 2.34. The second-order valence-corrected chi connectivity index (χ2v) is 9.06. The van der Waals surface area contributed by atoms with Crippen LogP contribution in [0.25, 0.3) is 0 Å². The zero-order chi connectivity index (χ0) is 24.2. The molecule has 4 rings (SSSR count). The molecule has 2 aliphatic heterocycles. The number of fused-ring (bicyclic) bond motifs is 1. The van der Waals surface area contributed by atoms with Gasteiger partial charge in [0.25, 0.3) is 5.91 Å². The highest BCUT2D eigenvalue weighted by molar-refractivity contribution is 6.04. The molecule has 1 saturated heterocycles. The Morgan fingerprint density at radius 2 is 1.94 bits per heavy atom. The average Bonchev–Trinajstić information content (AvgIpc) is 2.84. The lowest BCUT2D eigenvalue weighted by Gasteiger charge is -2.39. The molecule has 1 atom stereocenters. The molecule has 0 aliphatic carbocycles. The Morgan fingerprint density at radius 3 is 2.68 bits per heavy atom. The van der Waals surface area contributed by atoms with Crippen LogP contribution in [0.4, 0.5) is 23.0 Å². The lowest BCUT2D eigenvalue weighted by Crippen LogP contribution is -2.52. The molecule has 2 aromatic rings. The first-order chi connectivity index (χ1) is 16.4. The Balaban J connectivity index is 1.50. The molecule has 0 radical (unpaired) electrons. The Labute approximate surface area is 201 Å². The van der Waals surface area contributed by atoms with Crippen molar-refractivity contribution in [2.45, 2.75) is 31.8 Å². The quantitative estimate of drug-likeness (QED) is 0.648. The number of carbonyl (C=O) groups excluding carboxylic acids is 2. The van der Waals surface area contributed by atoms with E-state index in [1.54, 1.807) is 19.1 Å². The molecule has 0 saturated carbocycles. The van der Waals surface area contributed by atoms with Gasteiger partial charge < -0.3 is 30.1 Å². The number of rotatable bonds is 7. The molecule has 1 aromatic heterocycles. The molecular formula is C25H34N6O3. The second kappa shape index (κ2) is 10.4. The Bertz CT molecular complexity index is 1040. The fourth-order valence-corrected chi connectivity index (χ4v) is 4.50. The Kier molecular flexibility index (Phi) is 7.33. The number of nitrogens with zero attached hydrogens (tertiary/aromatic N) is 4. The van der Waals surface area contributed by atoms with Gasteiger partial charge >= 0.3 is 0 Å². The van der Waals surface area contributed by atoms with Crippen LogP contribution in [0.3, 0.4) is 0 Å². The number of amides is 2. The van der Waals surface area contributed by atoms with Gasteiger partial charge in [-0.3, -0.25) is 9.59 Å². The van der Waals surface area contributed by atoms with Crippen molar-refractivity contribution in [3.63, 3.8) is 0 Å². The maximum Gasteiger partial charge on any atom is 0.251 e. The summed E-state index contributed by atoms with van der Waals surface area (Å²) in [7, 11) is 5.52. The van der Waals surface area contributed by atoms with Gasteiger partial charge in [-0.05, 0) is 70.2 Å². The minimum atomic E-state index is -0.331. The van der Waals surface area contributed by atoms with E-state index in [4.69, 9.17) is 9.72 Å². The molecule has 1 fully saturated rings. The number of methoxy groups -OCH3 is 1. The number of anilines is 4. The fourth-order valence-electron chi connectivity index (χ4n) is 4.50. The average molecular weight is 467 g/mol. The smallest absolute Gasteiger partial charge is 0.251 e. The molecule has 1 unspecified atom stereocenters. The minimum absolute atomic E-state index is 0.0226. The summed E-state index contributed by atoms with van der Waals surface area (Å²) in [6, 6.07) is 11.1. The standard InChI is InChI=1S/C25H34N6O3/c1-17-25(33)30(3)21-8-9-22(28-23(21)31(17)14-15-34-4)26-20-7-5-6-18(16-20)24(32)27-19-10-12-29(2)13-11-19/h5-9,16-17,19H,10-15H2,1-4H3,(H,26,28)(H,27,32). The molecule has 2 amide bonds. The fraction of sp³-hybridized carbons (Fsp3) is 0.480. The first-order valence-electron chi connectivity index (χ1n) is 11.8. The number of carbonyl (C=O) groups is 2. The Hall–Kier alpha value is -3.17. The summed E-state index contributed by atoms with van der Waals surface area (Å²) in [6.07, 6.45) is 1.93. The van der Waals surface area contributed by atoms with Crippen molar-refractivity contribution >= 4 is 34.8 Å². The van der Waals surface area contributed by atoms with E-state index in [2.05, 4.69) is 22.6 Å². The summed E-state index contributed by atoms with van der Waals surface area (Å²) in [6.45, 7) is 4.93. The molecule has 9 heteroatoms. The zero-order valence-electron chi connectivity index (χ0n) is 20.4. The van der Waals surface area contributed by atoms with Crippen molar-refractivity contribution in [3.05, 3.63) is 42.0 Å². The number of likely N-dealkylation sites (tertiary alicyclic amines) is 1. The summed E-state index contributed by atoms with van der Waals surface area (Å²) in [5, 5.41) is 6.48. The third-order valence-corrected chi connectivity index (χ3v) is 6.63. The molecule has 0 bridgehead atoms. The predicted molar refractivity (Wildman–Crippen MR) is 134 cm³/mol. The second-order valence-electron chi connectivity index (χ2n) is 9.06. The molecule has 1 aromatic carbocycles. The van der Waals surface area contributed by atoms with Gasteiger partial charge in [0.1, 0.15) is 11.9 Å². The van der Waals surface area contributed by atoms with Crippen LogP contribution >= 0.6 is 0 Å². The van der Waals surface area contributed by atoms with Crippen molar-refractivity contribution in [1.29, 1.82) is 0 Å². The first kappa shape index (κ1) is 24.0. The summed E-state index contributed by atoms with van der Waals surface area (Å²) < 4.78 is 5.24. The SMILES string of the molecule is COCCN1c2nc(Nc3cccc(C(=O)NC4CCN(C)CC4)c3)ccc2N(C)C(=O)C1C.